The summed E-state index contributed by atoms with van der Waals surface area (Å²) in [5.41, 5.74) is 0.796. The van der Waals surface area contributed by atoms with Gasteiger partial charge in [0, 0.05) is 18.0 Å². The fourth-order valence-electron chi connectivity index (χ4n) is 5.08. The number of aliphatic hydroxyl groups is 3. The van der Waals surface area contributed by atoms with Gasteiger partial charge in [-0.05, 0) is 69.5 Å². The third kappa shape index (κ3) is 5.94. The number of fused-ring (bicyclic) bond motifs is 1. The third-order valence-corrected chi connectivity index (χ3v) is 7.02. The second-order valence-electron chi connectivity index (χ2n) is 9.33. The number of hydrogen-bond acceptors (Lipinski definition) is 8. The van der Waals surface area contributed by atoms with Crippen LogP contribution >= 0.6 is 0 Å². The first kappa shape index (κ1) is 24.2. The molecule has 0 saturated carbocycles. The summed E-state index contributed by atoms with van der Waals surface area (Å²) in [6.07, 6.45) is 3.51. The van der Waals surface area contributed by atoms with E-state index >= 15 is 0 Å². The van der Waals surface area contributed by atoms with Crippen LogP contribution in [0, 0.1) is 5.92 Å². The van der Waals surface area contributed by atoms with Gasteiger partial charge >= 0.3 is 5.97 Å². The highest BCUT2D eigenvalue weighted by molar-refractivity contribution is 5.87. The van der Waals surface area contributed by atoms with Crippen molar-refractivity contribution < 1.29 is 34.3 Å². The Morgan fingerprint density at radius 3 is 2.61 bits per heavy atom. The normalized spacial score (nSPS) is 35.2. The highest BCUT2D eigenvalue weighted by atomic mass is 16.7. The molecule has 0 radical (unpaired) electrons. The Kier molecular flexibility index (Phi) is 8.03. The lowest BCUT2D eigenvalue weighted by molar-refractivity contribution is -0.268. The molecule has 1 aromatic carbocycles. The predicted molar refractivity (Wildman–Crippen MR) is 121 cm³/mol. The predicted octanol–water partition coefficient (Wildman–Crippen LogP) is 1.71. The van der Waals surface area contributed by atoms with E-state index in [1.54, 1.807) is 37.3 Å². The monoisotopic (exact) mass is 461 g/mol. The van der Waals surface area contributed by atoms with Crippen LogP contribution in [0.4, 0.5) is 0 Å². The fraction of sp³-hybridized carbons (Fsp3) is 0.640. The molecule has 3 fully saturated rings. The van der Waals surface area contributed by atoms with Crippen LogP contribution in [0.15, 0.2) is 30.3 Å². The van der Waals surface area contributed by atoms with Gasteiger partial charge < -0.3 is 29.5 Å². The Bertz CT molecular complexity index is 811. The Hall–Kier alpha value is -1.97. The van der Waals surface area contributed by atoms with Crippen LogP contribution in [0.3, 0.4) is 0 Å². The van der Waals surface area contributed by atoms with E-state index in [2.05, 4.69) is 4.90 Å². The summed E-state index contributed by atoms with van der Waals surface area (Å²) in [5.74, 6) is 0.514. The number of benzene rings is 1. The molecule has 4 rings (SSSR count). The van der Waals surface area contributed by atoms with Crippen LogP contribution in [-0.2, 0) is 14.3 Å². The van der Waals surface area contributed by atoms with E-state index in [4.69, 9.17) is 14.2 Å². The van der Waals surface area contributed by atoms with Crippen molar-refractivity contribution in [2.24, 2.45) is 5.92 Å². The molecule has 182 valence electrons. The quantitative estimate of drug-likeness (QED) is 0.434. The number of carbonyl (C=O) groups is 1. The molecule has 3 saturated heterocycles. The van der Waals surface area contributed by atoms with E-state index in [0.29, 0.717) is 24.3 Å². The minimum Gasteiger partial charge on any atom is -0.462 e. The van der Waals surface area contributed by atoms with Crippen molar-refractivity contribution in [3.8, 4) is 5.75 Å². The van der Waals surface area contributed by atoms with Crippen LogP contribution in [0.25, 0.3) is 6.08 Å². The third-order valence-electron chi connectivity index (χ3n) is 7.02. The van der Waals surface area contributed by atoms with Crippen molar-refractivity contribution >= 4 is 12.0 Å². The van der Waals surface area contributed by atoms with Crippen LogP contribution < -0.4 is 4.74 Å². The largest absolute Gasteiger partial charge is 0.462 e. The molecule has 0 bridgehead atoms. The topological polar surface area (TPSA) is 109 Å². The number of hydrogen-bond donors (Lipinski definition) is 3. The SMILES string of the molecule is CC1OC(Oc2ccc(C=CC(=O)OCC3CCCN4CCCCC34)cc2)C(O)C(O)C1O. The van der Waals surface area contributed by atoms with Crippen LogP contribution in [-0.4, -0.2) is 82.6 Å². The summed E-state index contributed by atoms with van der Waals surface area (Å²) in [7, 11) is 0. The van der Waals surface area contributed by atoms with E-state index < -0.39 is 30.7 Å². The lowest BCUT2D eigenvalue weighted by Crippen LogP contribution is -2.58. The summed E-state index contributed by atoms with van der Waals surface area (Å²) in [6.45, 7) is 4.41. The van der Waals surface area contributed by atoms with Gasteiger partial charge in [0.1, 0.15) is 24.1 Å². The second kappa shape index (κ2) is 11.0. The van der Waals surface area contributed by atoms with Gasteiger partial charge in [0.05, 0.1) is 12.7 Å². The number of piperidine rings is 2. The maximum absolute atomic E-state index is 12.2. The number of nitrogens with zero attached hydrogens (tertiary/aromatic N) is 1. The first-order chi connectivity index (χ1) is 15.9. The van der Waals surface area contributed by atoms with Crippen LogP contribution in [0.1, 0.15) is 44.6 Å². The molecule has 0 aromatic heterocycles. The van der Waals surface area contributed by atoms with Crippen molar-refractivity contribution in [3.63, 3.8) is 0 Å². The minimum absolute atomic E-state index is 0.344. The molecule has 33 heavy (non-hydrogen) atoms. The lowest BCUT2D eigenvalue weighted by Gasteiger charge is -2.44. The van der Waals surface area contributed by atoms with E-state index in [-0.39, 0.29) is 5.97 Å². The van der Waals surface area contributed by atoms with Gasteiger partial charge in [0.15, 0.2) is 0 Å². The molecular formula is C25H35NO7. The molecule has 7 atom stereocenters. The molecule has 3 aliphatic rings. The zero-order valence-electron chi connectivity index (χ0n) is 19.1. The average molecular weight is 462 g/mol. The zero-order chi connectivity index (χ0) is 23.4. The highest BCUT2D eigenvalue weighted by Gasteiger charge is 2.43. The van der Waals surface area contributed by atoms with E-state index in [0.717, 1.165) is 12.0 Å². The van der Waals surface area contributed by atoms with E-state index in [1.165, 1.54) is 44.8 Å². The van der Waals surface area contributed by atoms with Crippen molar-refractivity contribution in [2.45, 2.75) is 75.8 Å². The van der Waals surface area contributed by atoms with Gasteiger partial charge in [-0.1, -0.05) is 18.6 Å². The molecule has 3 aliphatic heterocycles. The van der Waals surface area contributed by atoms with E-state index in [1.807, 2.05) is 0 Å². The zero-order valence-corrected chi connectivity index (χ0v) is 19.1. The maximum Gasteiger partial charge on any atom is 0.330 e. The highest BCUT2D eigenvalue weighted by Crippen LogP contribution is 2.31. The first-order valence-electron chi connectivity index (χ1n) is 12.0. The summed E-state index contributed by atoms with van der Waals surface area (Å²) in [6, 6.07) is 7.45. The molecular weight excluding hydrogens is 426 g/mol. The average Bonchev–Trinajstić information content (AvgIpc) is 2.84. The van der Waals surface area contributed by atoms with Crippen molar-refractivity contribution in [2.75, 3.05) is 19.7 Å². The van der Waals surface area contributed by atoms with Gasteiger partial charge in [-0.2, -0.15) is 0 Å². The molecule has 8 nitrogen and oxygen atoms in total. The Labute approximate surface area is 194 Å². The lowest BCUT2D eigenvalue weighted by atomic mass is 9.84. The van der Waals surface area contributed by atoms with Crippen LogP contribution in [0.5, 0.6) is 5.75 Å². The number of rotatable bonds is 6. The molecule has 3 N–H and O–H groups in total. The maximum atomic E-state index is 12.2. The second-order valence-corrected chi connectivity index (χ2v) is 9.33. The van der Waals surface area contributed by atoms with E-state index in [9.17, 15) is 20.1 Å². The van der Waals surface area contributed by atoms with Gasteiger partial charge in [-0.25, -0.2) is 4.79 Å². The molecule has 0 spiro atoms. The Morgan fingerprint density at radius 1 is 1.06 bits per heavy atom. The van der Waals surface area contributed by atoms with Gasteiger partial charge in [-0.15, -0.1) is 0 Å². The van der Waals surface area contributed by atoms with Crippen molar-refractivity contribution in [1.29, 1.82) is 0 Å². The summed E-state index contributed by atoms with van der Waals surface area (Å²) < 4.78 is 16.6. The Balaban J connectivity index is 1.25. The van der Waals surface area contributed by atoms with Crippen LogP contribution in [0.2, 0.25) is 0 Å². The standard InChI is InChI=1S/C25H35NO7/c1-16-22(28)23(29)24(30)25(32-16)33-19-10-7-17(8-11-19)9-12-21(27)31-15-18-5-4-14-26-13-3-2-6-20(18)26/h7-12,16,18,20,22-25,28-30H,2-6,13-15H2,1H3. The van der Waals surface area contributed by atoms with Gasteiger partial charge in [0.2, 0.25) is 6.29 Å². The number of esters is 1. The molecule has 7 unspecified atom stereocenters. The van der Waals surface area contributed by atoms with Gasteiger partial charge in [-0.3, -0.25) is 4.90 Å². The molecule has 0 amide bonds. The number of aliphatic hydroxyl groups excluding tert-OH is 3. The Morgan fingerprint density at radius 2 is 1.82 bits per heavy atom. The molecule has 8 heteroatoms. The molecule has 1 aromatic rings. The molecule has 0 aliphatic carbocycles. The fourth-order valence-corrected chi connectivity index (χ4v) is 5.08. The summed E-state index contributed by atoms with van der Waals surface area (Å²) >= 11 is 0. The van der Waals surface area contributed by atoms with Crippen molar-refractivity contribution in [3.05, 3.63) is 35.9 Å². The first-order valence-corrected chi connectivity index (χ1v) is 12.0. The molecule has 3 heterocycles. The van der Waals surface area contributed by atoms with Gasteiger partial charge in [0.25, 0.3) is 0 Å². The number of carbonyl (C=O) groups excluding carboxylic acids is 1. The number of ether oxygens (including phenoxy) is 3. The van der Waals surface area contributed by atoms with Crippen molar-refractivity contribution in [1.82, 2.24) is 4.90 Å². The summed E-state index contributed by atoms with van der Waals surface area (Å²) in [4.78, 5) is 14.8. The summed E-state index contributed by atoms with van der Waals surface area (Å²) in [5, 5.41) is 29.7. The smallest absolute Gasteiger partial charge is 0.330 e. The minimum atomic E-state index is -1.37.